The third-order valence-corrected chi connectivity index (χ3v) is 2.96. The Bertz CT molecular complexity index is 463. The summed E-state index contributed by atoms with van der Waals surface area (Å²) in [6, 6.07) is 2.76. The Morgan fingerprint density at radius 2 is 2.06 bits per heavy atom. The van der Waals surface area contributed by atoms with E-state index in [2.05, 4.69) is 0 Å². The van der Waals surface area contributed by atoms with E-state index in [0.29, 0.717) is 0 Å². The van der Waals surface area contributed by atoms with Gasteiger partial charge in [-0.1, -0.05) is 6.07 Å². The third-order valence-electron chi connectivity index (χ3n) is 2.96. The molecule has 1 fully saturated rings. The van der Waals surface area contributed by atoms with Gasteiger partial charge in [0.25, 0.3) is 5.56 Å². The maximum Gasteiger partial charge on any atom is 0.431 e. The minimum Gasteiger partial charge on any atom is -0.326 e. The van der Waals surface area contributed by atoms with Crippen molar-refractivity contribution in [2.75, 3.05) is 0 Å². The van der Waals surface area contributed by atoms with Crippen molar-refractivity contribution in [2.45, 2.75) is 31.6 Å². The van der Waals surface area contributed by atoms with Gasteiger partial charge < -0.3 is 10.3 Å². The first-order valence-electron chi connectivity index (χ1n) is 5.42. The van der Waals surface area contributed by atoms with Crippen molar-refractivity contribution in [1.29, 1.82) is 0 Å². The first kappa shape index (κ1) is 12.2. The Hall–Kier alpha value is -1.30. The summed E-state index contributed by atoms with van der Waals surface area (Å²) in [6.07, 6.45) is -2.65. The number of halogens is 3. The number of hydrogen-bond acceptors (Lipinski definition) is 2. The average Bonchev–Trinajstić information content (AvgIpc) is 3.02. The Kier molecular flexibility index (Phi) is 2.99. The minimum absolute atomic E-state index is 0.0703. The first-order valence-corrected chi connectivity index (χ1v) is 5.42. The van der Waals surface area contributed by atoms with Crippen molar-refractivity contribution in [3.63, 3.8) is 0 Å². The second-order valence-electron chi connectivity index (χ2n) is 4.36. The van der Waals surface area contributed by atoms with Gasteiger partial charge in [0.15, 0.2) is 0 Å². The molecule has 17 heavy (non-hydrogen) atoms. The van der Waals surface area contributed by atoms with Crippen LogP contribution in [0.2, 0.25) is 0 Å². The van der Waals surface area contributed by atoms with E-state index in [1.54, 1.807) is 0 Å². The molecule has 1 heterocycles. The van der Waals surface area contributed by atoms with Crippen LogP contribution in [-0.2, 0) is 12.7 Å². The van der Waals surface area contributed by atoms with E-state index in [1.165, 1.54) is 0 Å². The minimum atomic E-state index is -4.52. The topological polar surface area (TPSA) is 48.0 Å². The maximum atomic E-state index is 12.7. The highest BCUT2D eigenvalue weighted by atomic mass is 19.4. The highest BCUT2D eigenvalue weighted by Crippen LogP contribution is 2.33. The molecule has 0 saturated heterocycles. The molecule has 6 heteroatoms. The summed E-state index contributed by atoms with van der Waals surface area (Å²) in [5.74, 6) is 0.253. The van der Waals surface area contributed by atoms with Crippen molar-refractivity contribution in [1.82, 2.24) is 4.57 Å². The fraction of sp³-hybridized carbons (Fsp3) is 0.545. The van der Waals surface area contributed by atoms with Gasteiger partial charge in [-0.2, -0.15) is 13.2 Å². The van der Waals surface area contributed by atoms with Gasteiger partial charge in [0.2, 0.25) is 0 Å². The third kappa shape index (κ3) is 2.69. The van der Waals surface area contributed by atoms with E-state index in [1.807, 2.05) is 0 Å². The van der Waals surface area contributed by atoms with Crippen LogP contribution in [0.3, 0.4) is 0 Å². The summed E-state index contributed by atoms with van der Waals surface area (Å²) >= 11 is 0. The molecule has 0 radical (unpaired) electrons. The summed E-state index contributed by atoms with van der Waals surface area (Å²) < 4.78 is 38.8. The SMILES string of the molecule is NC(Cn1c(C(F)(F)F)cccc1=O)C1CC1. The fourth-order valence-corrected chi connectivity index (χ4v) is 1.84. The molecule has 0 aromatic carbocycles. The predicted molar refractivity (Wildman–Crippen MR) is 56.4 cm³/mol. The normalized spacial score (nSPS) is 18.1. The highest BCUT2D eigenvalue weighted by molar-refractivity contribution is 5.10. The fourth-order valence-electron chi connectivity index (χ4n) is 1.84. The molecule has 1 unspecified atom stereocenters. The Balaban J connectivity index is 2.33. The summed E-state index contributed by atoms with van der Waals surface area (Å²) in [5, 5.41) is 0. The Labute approximate surface area is 96.0 Å². The lowest BCUT2D eigenvalue weighted by atomic mass is 10.2. The van der Waals surface area contributed by atoms with Crippen molar-refractivity contribution < 1.29 is 13.2 Å². The van der Waals surface area contributed by atoms with Crippen LogP contribution >= 0.6 is 0 Å². The quantitative estimate of drug-likeness (QED) is 0.880. The first-order chi connectivity index (χ1) is 7.89. The molecule has 0 amide bonds. The van der Waals surface area contributed by atoms with Gasteiger partial charge in [0, 0.05) is 18.7 Å². The van der Waals surface area contributed by atoms with E-state index in [-0.39, 0.29) is 18.5 Å². The highest BCUT2D eigenvalue weighted by Gasteiger charge is 2.36. The maximum absolute atomic E-state index is 12.7. The largest absolute Gasteiger partial charge is 0.431 e. The number of rotatable bonds is 3. The van der Waals surface area contributed by atoms with E-state index in [0.717, 1.165) is 35.6 Å². The number of nitrogens with two attached hydrogens (primary N) is 1. The molecule has 2 N–H and O–H groups in total. The number of alkyl halides is 3. The molecule has 2 rings (SSSR count). The van der Waals surface area contributed by atoms with Gasteiger partial charge in [0.05, 0.1) is 0 Å². The van der Waals surface area contributed by atoms with Crippen molar-refractivity contribution >= 4 is 0 Å². The van der Waals surface area contributed by atoms with Crippen molar-refractivity contribution in [3.8, 4) is 0 Å². The smallest absolute Gasteiger partial charge is 0.326 e. The van der Waals surface area contributed by atoms with Gasteiger partial charge >= 0.3 is 6.18 Å². The van der Waals surface area contributed by atoms with E-state index in [4.69, 9.17) is 5.73 Å². The lowest BCUT2D eigenvalue weighted by Crippen LogP contribution is -2.36. The summed E-state index contributed by atoms with van der Waals surface area (Å²) in [4.78, 5) is 11.5. The lowest BCUT2D eigenvalue weighted by molar-refractivity contribution is -0.144. The predicted octanol–water partition coefficient (Wildman–Crippen LogP) is 1.60. The zero-order valence-electron chi connectivity index (χ0n) is 9.07. The zero-order chi connectivity index (χ0) is 12.6. The summed E-state index contributed by atoms with van der Waals surface area (Å²) in [7, 11) is 0. The van der Waals surface area contributed by atoms with Gasteiger partial charge in [0.1, 0.15) is 5.69 Å². The van der Waals surface area contributed by atoms with Crippen LogP contribution in [0.5, 0.6) is 0 Å². The van der Waals surface area contributed by atoms with Crippen LogP contribution in [-0.4, -0.2) is 10.6 Å². The molecule has 1 aromatic rings. The molecular weight excluding hydrogens is 233 g/mol. The van der Waals surface area contributed by atoms with Crippen LogP contribution in [0.1, 0.15) is 18.5 Å². The van der Waals surface area contributed by atoms with Gasteiger partial charge in [-0.15, -0.1) is 0 Å². The summed E-state index contributed by atoms with van der Waals surface area (Å²) in [5.41, 5.74) is 4.18. The number of aromatic nitrogens is 1. The summed E-state index contributed by atoms with van der Waals surface area (Å²) in [6.45, 7) is -0.0703. The average molecular weight is 246 g/mol. The molecule has 0 bridgehead atoms. The van der Waals surface area contributed by atoms with E-state index < -0.39 is 17.4 Å². The molecule has 0 aliphatic heterocycles. The van der Waals surface area contributed by atoms with Crippen LogP contribution in [0.15, 0.2) is 23.0 Å². The van der Waals surface area contributed by atoms with Gasteiger partial charge in [-0.3, -0.25) is 4.79 Å². The number of pyridine rings is 1. The lowest BCUT2D eigenvalue weighted by Gasteiger charge is -2.18. The number of hydrogen-bond donors (Lipinski definition) is 1. The van der Waals surface area contributed by atoms with Gasteiger partial charge in [-0.25, -0.2) is 0 Å². The molecule has 3 nitrogen and oxygen atoms in total. The molecule has 0 spiro atoms. The van der Waals surface area contributed by atoms with E-state index in [9.17, 15) is 18.0 Å². The van der Waals surface area contributed by atoms with Crippen LogP contribution in [0, 0.1) is 5.92 Å². The molecular formula is C11H13F3N2O. The van der Waals surface area contributed by atoms with Crippen LogP contribution in [0.25, 0.3) is 0 Å². The van der Waals surface area contributed by atoms with E-state index >= 15 is 0 Å². The molecule has 1 aliphatic rings. The van der Waals surface area contributed by atoms with Crippen molar-refractivity contribution in [2.24, 2.45) is 11.7 Å². The molecule has 1 aliphatic carbocycles. The van der Waals surface area contributed by atoms with Crippen LogP contribution in [0.4, 0.5) is 13.2 Å². The molecule has 1 aromatic heterocycles. The second-order valence-corrected chi connectivity index (χ2v) is 4.36. The zero-order valence-corrected chi connectivity index (χ0v) is 9.07. The monoisotopic (exact) mass is 246 g/mol. The Morgan fingerprint density at radius 1 is 1.41 bits per heavy atom. The second kappa shape index (κ2) is 4.18. The van der Waals surface area contributed by atoms with Crippen LogP contribution < -0.4 is 11.3 Å². The Morgan fingerprint density at radius 3 is 2.59 bits per heavy atom. The number of nitrogens with zero attached hydrogens (tertiary/aromatic N) is 1. The molecule has 94 valence electrons. The molecule has 1 atom stereocenters. The van der Waals surface area contributed by atoms with Gasteiger partial charge in [-0.05, 0) is 24.8 Å². The standard InChI is InChI=1S/C11H13F3N2O/c12-11(13,14)9-2-1-3-10(17)16(9)6-8(15)7-4-5-7/h1-3,7-8H,4-6,15H2. The van der Waals surface area contributed by atoms with Crippen molar-refractivity contribution in [3.05, 3.63) is 34.2 Å². The molecule has 1 saturated carbocycles.